The largest absolute Gasteiger partial charge is 0.497 e. The Balaban J connectivity index is 1.67. The van der Waals surface area contributed by atoms with Crippen LogP contribution in [0.15, 0.2) is 47.4 Å². The van der Waals surface area contributed by atoms with E-state index in [1.165, 1.54) is 21.8 Å². The highest BCUT2D eigenvalue weighted by molar-refractivity contribution is 7.99. The van der Waals surface area contributed by atoms with E-state index in [1.54, 1.807) is 7.11 Å². The van der Waals surface area contributed by atoms with Crippen LogP contribution in [0, 0.1) is 5.92 Å². The molecule has 2 aromatic carbocycles. The fourth-order valence-electron chi connectivity index (χ4n) is 3.77. The average Bonchev–Trinajstić information content (AvgIpc) is 2.70. The van der Waals surface area contributed by atoms with Gasteiger partial charge >= 0.3 is 0 Å². The molecule has 1 heterocycles. The van der Waals surface area contributed by atoms with Crippen LogP contribution in [-0.4, -0.2) is 38.5 Å². The van der Waals surface area contributed by atoms with Gasteiger partial charge in [-0.1, -0.05) is 0 Å². The van der Waals surface area contributed by atoms with Crippen LogP contribution in [0.2, 0.25) is 0 Å². The lowest BCUT2D eigenvalue weighted by Gasteiger charge is -2.39. The third-order valence-corrected chi connectivity index (χ3v) is 6.93. The van der Waals surface area contributed by atoms with Crippen LogP contribution in [0.1, 0.15) is 33.3 Å². The first-order valence-electron chi connectivity index (χ1n) is 10.3. The van der Waals surface area contributed by atoms with Gasteiger partial charge in [0.05, 0.1) is 7.11 Å². The second-order valence-corrected chi connectivity index (χ2v) is 9.41. The number of hydrogen-bond acceptors (Lipinski definition) is 4. The van der Waals surface area contributed by atoms with Gasteiger partial charge in [0.25, 0.3) is 0 Å². The maximum absolute atomic E-state index is 5.46. The number of hydrogen-bond donors (Lipinski definition) is 0. The molecule has 1 atom stereocenters. The summed E-state index contributed by atoms with van der Waals surface area (Å²) in [5.41, 5.74) is 4.07. The first-order chi connectivity index (χ1) is 13.4. The van der Waals surface area contributed by atoms with Crippen LogP contribution in [0.25, 0.3) is 0 Å². The Morgan fingerprint density at radius 1 is 1.11 bits per heavy atom. The monoisotopic (exact) mass is 398 g/mol. The Bertz CT molecular complexity index is 773. The van der Waals surface area contributed by atoms with Crippen molar-refractivity contribution in [3.8, 4) is 5.75 Å². The van der Waals surface area contributed by atoms with Crippen LogP contribution in [0.4, 0.5) is 11.4 Å². The molecule has 0 N–H and O–H groups in total. The van der Waals surface area contributed by atoms with Gasteiger partial charge in [-0.15, -0.1) is 11.8 Å². The van der Waals surface area contributed by atoms with E-state index in [4.69, 9.17) is 4.74 Å². The Morgan fingerprint density at radius 2 is 1.82 bits per heavy atom. The van der Waals surface area contributed by atoms with E-state index in [0.717, 1.165) is 24.5 Å². The van der Waals surface area contributed by atoms with E-state index >= 15 is 0 Å². The molecule has 1 aliphatic rings. The van der Waals surface area contributed by atoms with Gasteiger partial charge in [0, 0.05) is 47.7 Å². The number of methoxy groups -OCH3 is 1. The van der Waals surface area contributed by atoms with E-state index in [0.29, 0.717) is 18.0 Å². The lowest BCUT2D eigenvalue weighted by Crippen LogP contribution is -2.40. The summed E-state index contributed by atoms with van der Waals surface area (Å²) in [6, 6.07) is 16.6. The molecule has 0 bridgehead atoms. The fourth-order valence-corrected chi connectivity index (χ4v) is 4.75. The lowest BCUT2D eigenvalue weighted by molar-refractivity contribution is 0.412. The van der Waals surface area contributed by atoms with Crippen molar-refractivity contribution in [1.29, 1.82) is 0 Å². The Hall–Kier alpha value is -1.81. The lowest BCUT2D eigenvalue weighted by atomic mass is 9.92. The normalized spacial score (nSPS) is 16.4. The number of fused-ring (bicyclic) bond motifs is 1. The van der Waals surface area contributed by atoms with Crippen LogP contribution in [0.3, 0.4) is 0 Å². The molecule has 0 amide bonds. The molecule has 1 unspecified atom stereocenters. The smallest absolute Gasteiger partial charge is 0.119 e. The summed E-state index contributed by atoms with van der Waals surface area (Å²) in [5.74, 6) is 2.74. The van der Waals surface area contributed by atoms with Crippen LogP contribution in [-0.2, 0) is 6.42 Å². The highest BCUT2D eigenvalue weighted by Gasteiger charge is 2.26. The molecule has 3 rings (SSSR count). The van der Waals surface area contributed by atoms with E-state index in [2.05, 4.69) is 87.0 Å². The van der Waals surface area contributed by atoms with E-state index < -0.39 is 0 Å². The Morgan fingerprint density at radius 3 is 2.43 bits per heavy atom. The Labute approximate surface area is 175 Å². The average molecular weight is 399 g/mol. The molecule has 0 fully saturated rings. The fraction of sp³-hybridized carbons (Fsp3) is 0.500. The van der Waals surface area contributed by atoms with Gasteiger partial charge in [0.2, 0.25) is 0 Å². The van der Waals surface area contributed by atoms with Crippen molar-refractivity contribution in [2.45, 2.75) is 51.1 Å². The molecule has 0 saturated carbocycles. The molecule has 2 aromatic rings. The minimum atomic E-state index is 0.505. The van der Waals surface area contributed by atoms with Crippen molar-refractivity contribution in [2.75, 3.05) is 36.3 Å². The molecule has 3 nitrogen and oxygen atoms in total. The van der Waals surface area contributed by atoms with Crippen molar-refractivity contribution in [1.82, 2.24) is 0 Å². The predicted octanol–water partition coefficient (Wildman–Crippen LogP) is 5.72. The SMILES string of the molecule is COc1ccc2c(c1)CC(CSc1ccc(N(C)C(C)C)cc1)CN2C(C)C. The predicted molar refractivity (Wildman–Crippen MR) is 123 cm³/mol. The van der Waals surface area contributed by atoms with E-state index in [-0.39, 0.29) is 0 Å². The summed E-state index contributed by atoms with van der Waals surface area (Å²) in [6.07, 6.45) is 1.12. The first-order valence-corrected chi connectivity index (χ1v) is 11.3. The highest BCUT2D eigenvalue weighted by Crippen LogP contribution is 2.36. The van der Waals surface area contributed by atoms with Crippen molar-refractivity contribution in [3.05, 3.63) is 48.0 Å². The molecule has 1 aliphatic heterocycles. The molecule has 0 spiro atoms. The zero-order valence-electron chi connectivity index (χ0n) is 18.1. The minimum Gasteiger partial charge on any atom is -0.497 e. The second-order valence-electron chi connectivity index (χ2n) is 8.32. The maximum atomic E-state index is 5.46. The number of anilines is 2. The van der Waals surface area contributed by atoms with Crippen molar-refractivity contribution >= 4 is 23.1 Å². The maximum Gasteiger partial charge on any atom is 0.119 e. The van der Waals surface area contributed by atoms with Gasteiger partial charge in [0.15, 0.2) is 0 Å². The van der Waals surface area contributed by atoms with E-state index in [1.807, 2.05) is 11.8 Å². The van der Waals surface area contributed by atoms with Gasteiger partial charge in [0.1, 0.15) is 5.75 Å². The summed E-state index contributed by atoms with van der Waals surface area (Å²) in [4.78, 5) is 6.21. The third kappa shape index (κ3) is 4.78. The number of thioether (sulfide) groups is 1. The molecule has 0 aromatic heterocycles. The molecule has 4 heteroatoms. The molecular weight excluding hydrogens is 364 g/mol. The van der Waals surface area contributed by atoms with Gasteiger partial charge in [-0.3, -0.25) is 0 Å². The Kier molecular flexibility index (Phi) is 6.82. The number of nitrogens with zero attached hydrogens (tertiary/aromatic N) is 2. The van der Waals surface area contributed by atoms with Gasteiger partial charge in [-0.05, 0) is 88.1 Å². The van der Waals surface area contributed by atoms with Gasteiger partial charge in [-0.2, -0.15) is 0 Å². The van der Waals surface area contributed by atoms with Crippen LogP contribution >= 0.6 is 11.8 Å². The highest BCUT2D eigenvalue weighted by atomic mass is 32.2. The van der Waals surface area contributed by atoms with E-state index in [9.17, 15) is 0 Å². The van der Waals surface area contributed by atoms with Crippen LogP contribution < -0.4 is 14.5 Å². The summed E-state index contributed by atoms with van der Waals surface area (Å²) < 4.78 is 5.46. The first kappa shape index (κ1) is 20.9. The van der Waals surface area contributed by atoms with Crippen molar-refractivity contribution in [3.63, 3.8) is 0 Å². The van der Waals surface area contributed by atoms with Crippen molar-refractivity contribution in [2.24, 2.45) is 5.92 Å². The molecule has 0 radical (unpaired) electrons. The molecule has 152 valence electrons. The number of rotatable bonds is 7. The standard InChI is InChI=1S/C24H34N2OS/c1-17(2)25(5)21-7-10-23(11-8-21)28-16-19-13-20-14-22(27-6)9-12-24(20)26(15-19)18(3)4/h7-12,14,17-19H,13,15-16H2,1-6H3. The number of benzene rings is 2. The number of ether oxygens (including phenoxy) is 1. The minimum absolute atomic E-state index is 0.505. The third-order valence-electron chi connectivity index (χ3n) is 5.69. The second kappa shape index (κ2) is 9.13. The summed E-state index contributed by atoms with van der Waals surface area (Å²) >= 11 is 1.98. The topological polar surface area (TPSA) is 15.7 Å². The summed E-state index contributed by atoms with van der Waals surface area (Å²) in [6.45, 7) is 10.1. The summed E-state index contributed by atoms with van der Waals surface area (Å²) in [5, 5.41) is 0. The van der Waals surface area contributed by atoms with Crippen LogP contribution in [0.5, 0.6) is 5.75 Å². The molecule has 28 heavy (non-hydrogen) atoms. The molecule has 0 saturated heterocycles. The van der Waals surface area contributed by atoms with Gasteiger partial charge in [-0.25, -0.2) is 0 Å². The summed E-state index contributed by atoms with van der Waals surface area (Å²) in [7, 11) is 3.90. The van der Waals surface area contributed by atoms with Crippen molar-refractivity contribution < 1.29 is 4.74 Å². The van der Waals surface area contributed by atoms with Gasteiger partial charge < -0.3 is 14.5 Å². The zero-order valence-corrected chi connectivity index (χ0v) is 18.9. The molecular formula is C24H34N2OS. The quantitative estimate of drug-likeness (QED) is 0.554. The molecule has 0 aliphatic carbocycles. The zero-order chi connectivity index (χ0) is 20.3.